The predicted molar refractivity (Wildman–Crippen MR) is 138 cm³/mol. The Hall–Kier alpha value is -2.97. The molecule has 1 N–H and O–H groups in total. The van der Waals surface area contributed by atoms with Crippen molar-refractivity contribution in [1.82, 2.24) is 4.90 Å². The Balaban J connectivity index is 1.72. The number of aryl methyl sites for hydroxylation is 2. The van der Waals surface area contributed by atoms with Crippen LogP contribution in [0.1, 0.15) is 38.3 Å². The quantitative estimate of drug-likeness (QED) is 0.485. The van der Waals surface area contributed by atoms with E-state index in [0.717, 1.165) is 16.8 Å². The highest BCUT2D eigenvalue weighted by molar-refractivity contribution is 6.06. The lowest BCUT2D eigenvalue weighted by molar-refractivity contribution is -0.159. The highest BCUT2D eigenvalue weighted by Gasteiger charge is 2.76. The van der Waals surface area contributed by atoms with Crippen molar-refractivity contribution in [2.75, 3.05) is 24.7 Å². The molecule has 0 aliphatic carbocycles. The van der Waals surface area contributed by atoms with E-state index in [1.54, 1.807) is 11.0 Å². The van der Waals surface area contributed by atoms with Crippen molar-refractivity contribution in [2.45, 2.75) is 64.3 Å². The van der Waals surface area contributed by atoms with E-state index < -0.39 is 41.1 Å². The lowest BCUT2D eigenvalue weighted by atomic mass is 9.73. The standard InChI is InChI=1S/C29H36N2O6/c1-6-28-11-8-14-36-27(35)23(28)22-25(33)31(21(16-32)17(2)3)24-26(34)30(13-7-12-29(22,24)37-28)20-15-18(4)9-10-19(20)5/h7-12,15,17,21-24,32H,6,13-14,16H2,1-5H3/t21-,22-,23-,24?,28+,29-/m0/s1. The number of carbonyl (C=O) groups is 3. The van der Waals surface area contributed by atoms with Gasteiger partial charge in [0.15, 0.2) is 0 Å². The van der Waals surface area contributed by atoms with Gasteiger partial charge in [0.25, 0.3) is 5.91 Å². The number of amides is 2. The molecule has 8 nitrogen and oxygen atoms in total. The van der Waals surface area contributed by atoms with Crippen LogP contribution in [-0.2, 0) is 23.9 Å². The van der Waals surface area contributed by atoms with Crippen LogP contribution >= 0.6 is 0 Å². The zero-order valence-corrected chi connectivity index (χ0v) is 22.1. The molecule has 0 bridgehead atoms. The second kappa shape index (κ2) is 9.10. The fraction of sp³-hybridized carbons (Fsp3) is 0.552. The number of likely N-dealkylation sites (tertiary alicyclic amines) is 1. The molecule has 2 fully saturated rings. The molecule has 0 aromatic heterocycles. The summed E-state index contributed by atoms with van der Waals surface area (Å²) in [6, 6.07) is 4.28. The first kappa shape index (κ1) is 25.7. The van der Waals surface area contributed by atoms with Crippen LogP contribution in [0.3, 0.4) is 0 Å². The number of rotatable bonds is 5. The van der Waals surface area contributed by atoms with Crippen molar-refractivity contribution in [3.63, 3.8) is 0 Å². The van der Waals surface area contributed by atoms with Crippen molar-refractivity contribution in [3.05, 3.63) is 53.6 Å². The molecule has 8 heteroatoms. The van der Waals surface area contributed by atoms with Gasteiger partial charge in [-0.25, -0.2) is 0 Å². The molecule has 0 radical (unpaired) electrons. The fourth-order valence-electron chi connectivity index (χ4n) is 6.74. The van der Waals surface area contributed by atoms with Crippen LogP contribution in [-0.4, -0.2) is 70.8 Å². The molecular formula is C29H36N2O6. The van der Waals surface area contributed by atoms with Crippen molar-refractivity contribution in [3.8, 4) is 0 Å². The number of aliphatic hydroxyl groups is 1. The van der Waals surface area contributed by atoms with Gasteiger partial charge in [-0.05, 0) is 49.5 Å². The molecule has 1 unspecified atom stereocenters. The number of carbonyl (C=O) groups excluding carboxylic acids is 3. The zero-order chi connectivity index (χ0) is 26.7. The van der Waals surface area contributed by atoms with E-state index in [0.29, 0.717) is 13.0 Å². The van der Waals surface area contributed by atoms with Crippen molar-refractivity contribution in [1.29, 1.82) is 0 Å². The highest BCUT2D eigenvalue weighted by Crippen LogP contribution is 2.59. The van der Waals surface area contributed by atoms with Crippen molar-refractivity contribution >= 4 is 23.5 Å². The largest absolute Gasteiger partial charge is 0.461 e. The number of benzene rings is 1. The summed E-state index contributed by atoms with van der Waals surface area (Å²) in [5.74, 6) is -3.10. The average molecular weight is 509 g/mol. The maximum atomic E-state index is 14.6. The Morgan fingerprint density at radius 1 is 1.08 bits per heavy atom. The first-order valence-corrected chi connectivity index (χ1v) is 13.2. The van der Waals surface area contributed by atoms with Crippen LogP contribution < -0.4 is 4.90 Å². The number of anilines is 1. The molecule has 1 aromatic carbocycles. The second-order valence-corrected chi connectivity index (χ2v) is 11.0. The summed E-state index contributed by atoms with van der Waals surface area (Å²) in [6.45, 7) is 9.77. The van der Waals surface area contributed by atoms with Gasteiger partial charge < -0.3 is 24.4 Å². The minimum atomic E-state index is -1.37. The molecule has 4 aliphatic rings. The third kappa shape index (κ3) is 3.60. The van der Waals surface area contributed by atoms with Gasteiger partial charge in [-0.2, -0.15) is 0 Å². The van der Waals surface area contributed by atoms with Crippen LogP contribution in [0.2, 0.25) is 0 Å². The number of hydrogen-bond donors (Lipinski definition) is 1. The molecule has 4 aliphatic heterocycles. The minimum Gasteiger partial charge on any atom is -0.461 e. The summed E-state index contributed by atoms with van der Waals surface area (Å²) in [6.07, 6.45) is 7.73. The van der Waals surface area contributed by atoms with E-state index in [4.69, 9.17) is 9.47 Å². The van der Waals surface area contributed by atoms with Crippen LogP contribution in [0.4, 0.5) is 5.69 Å². The number of hydrogen-bond acceptors (Lipinski definition) is 6. The average Bonchev–Trinajstić information content (AvgIpc) is 3.13. The maximum absolute atomic E-state index is 14.6. The summed E-state index contributed by atoms with van der Waals surface area (Å²) in [5, 5.41) is 10.4. The SMILES string of the molecule is CC[C@@]12C=CCOC(=O)[C@@H]1[C@H]1C(=O)N([C@@H](CO)C(C)C)C3C(=O)N(c4cc(C)ccc4C)CC=C[C@@]31O2. The van der Waals surface area contributed by atoms with Gasteiger partial charge in [0, 0.05) is 12.2 Å². The third-order valence-electron chi connectivity index (χ3n) is 8.60. The summed E-state index contributed by atoms with van der Waals surface area (Å²) in [7, 11) is 0. The van der Waals surface area contributed by atoms with E-state index in [-0.39, 0.29) is 30.9 Å². The van der Waals surface area contributed by atoms with E-state index in [2.05, 4.69) is 0 Å². The van der Waals surface area contributed by atoms with Gasteiger partial charge >= 0.3 is 5.97 Å². The molecule has 4 heterocycles. The molecule has 2 amide bonds. The van der Waals surface area contributed by atoms with Gasteiger partial charge in [0.1, 0.15) is 29.8 Å². The lowest BCUT2D eigenvalue weighted by Gasteiger charge is -2.41. The second-order valence-electron chi connectivity index (χ2n) is 11.0. The number of nitrogens with zero attached hydrogens (tertiary/aromatic N) is 2. The van der Waals surface area contributed by atoms with Crippen molar-refractivity contribution < 1.29 is 29.0 Å². The Kier molecular flexibility index (Phi) is 6.31. The van der Waals surface area contributed by atoms with Crippen LogP contribution in [0, 0.1) is 31.6 Å². The number of fused-ring (bicyclic) bond motifs is 2. The predicted octanol–water partition coefficient (Wildman–Crippen LogP) is 2.70. The molecule has 37 heavy (non-hydrogen) atoms. The van der Waals surface area contributed by atoms with Gasteiger partial charge in [-0.3, -0.25) is 14.4 Å². The molecule has 5 rings (SSSR count). The van der Waals surface area contributed by atoms with E-state index >= 15 is 0 Å². The number of aliphatic hydroxyl groups excluding tert-OH is 1. The zero-order valence-electron chi connectivity index (χ0n) is 22.1. The lowest BCUT2D eigenvalue weighted by Crippen LogP contribution is -2.60. The summed E-state index contributed by atoms with van der Waals surface area (Å²) in [5.41, 5.74) is 0.284. The summed E-state index contributed by atoms with van der Waals surface area (Å²) < 4.78 is 12.3. The molecule has 198 valence electrons. The smallest absolute Gasteiger partial charge is 0.313 e. The van der Waals surface area contributed by atoms with E-state index in [1.165, 1.54) is 4.90 Å². The number of esters is 1. The van der Waals surface area contributed by atoms with Crippen molar-refractivity contribution in [2.24, 2.45) is 17.8 Å². The first-order valence-electron chi connectivity index (χ1n) is 13.2. The topological polar surface area (TPSA) is 96.4 Å². The van der Waals surface area contributed by atoms with Crippen LogP contribution in [0.25, 0.3) is 0 Å². The molecular weight excluding hydrogens is 472 g/mol. The fourth-order valence-corrected chi connectivity index (χ4v) is 6.74. The van der Waals surface area contributed by atoms with Crippen LogP contribution in [0.5, 0.6) is 0 Å². The Labute approximate surface area is 217 Å². The summed E-state index contributed by atoms with van der Waals surface area (Å²) in [4.78, 5) is 45.5. The molecule has 2 saturated heterocycles. The monoisotopic (exact) mass is 508 g/mol. The van der Waals surface area contributed by atoms with E-state index in [1.807, 2.05) is 71.0 Å². The molecule has 6 atom stereocenters. The normalized spacial score (nSPS) is 33.7. The first-order chi connectivity index (χ1) is 17.6. The molecule has 1 spiro atoms. The number of cyclic esters (lactones) is 1. The Bertz CT molecular complexity index is 1190. The van der Waals surface area contributed by atoms with E-state index in [9.17, 15) is 19.5 Å². The third-order valence-corrected chi connectivity index (χ3v) is 8.60. The minimum absolute atomic E-state index is 0.113. The van der Waals surface area contributed by atoms with Gasteiger partial charge in [0.05, 0.1) is 18.6 Å². The van der Waals surface area contributed by atoms with Gasteiger partial charge in [-0.15, -0.1) is 0 Å². The highest BCUT2D eigenvalue weighted by atomic mass is 16.6. The van der Waals surface area contributed by atoms with Gasteiger partial charge in [0.2, 0.25) is 5.91 Å². The summed E-state index contributed by atoms with van der Waals surface area (Å²) >= 11 is 0. The molecule has 0 saturated carbocycles. The number of ether oxygens (including phenoxy) is 2. The Morgan fingerprint density at radius 2 is 1.84 bits per heavy atom. The molecule has 1 aromatic rings. The maximum Gasteiger partial charge on any atom is 0.313 e. The Morgan fingerprint density at radius 3 is 2.51 bits per heavy atom. The van der Waals surface area contributed by atoms with Crippen LogP contribution in [0.15, 0.2) is 42.5 Å². The van der Waals surface area contributed by atoms with Gasteiger partial charge in [-0.1, -0.05) is 51.1 Å².